The normalized spacial score (nSPS) is 11.6. The third kappa shape index (κ3) is 4.10. The number of aliphatic imine (C=N–C) groups is 1. The highest BCUT2D eigenvalue weighted by Gasteiger charge is 2.03. The molecule has 0 radical (unpaired) electrons. The van der Waals surface area contributed by atoms with Crippen LogP contribution in [0.2, 0.25) is 0 Å². The summed E-state index contributed by atoms with van der Waals surface area (Å²) in [6.07, 6.45) is 2.53. The lowest BCUT2D eigenvalue weighted by Gasteiger charge is -2.10. The standard InChI is InChI=1S/C13H18N4OS/c1-10-12(19-9-17-10)8-16-13(14-2)15-6-5-11-4-3-7-18-11/h3-4,7,9H,5-6,8H2,1-2H3,(H2,14,15,16). The van der Waals surface area contributed by atoms with Gasteiger partial charge in [-0.1, -0.05) is 0 Å². The van der Waals surface area contributed by atoms with Gasteiger partial charge in [0.1, 0.15) is 5.76 Å². The van der Waals surface area contributed by atoms with Gasteiger partial charge in [0.15, 0.2) is 5.96 Å². The van der Waals surface area contributed by atoms with E-state index >= 15 is 0 Å². The molecule has 0 amide bonds. The van der Waals surface area contributed by atoms with Crippen LogP contribution < -0.4 is 10.6 Å². The average molecular weight is 278 g/mol. The van der Waals surface area contributed by atoms with Crippen LogP contribution in [0, 0.1) is 6.92 Å². The number of guanidine groups is 1. The van der Waals surface area contributed by atoms with E-state index in [-0.39, 0.29) is 0 Å². The fraction of sp³-hybridized carbons (Fsp3) is 0.385. The third-order valence-corrected chi connectivity index (χ3v) is 3.66. The Kier molecular flexibility index (Phi) is 4.97. The molecule has 2 aromatic rings. The first-order chi connectivity index (χ1) is 9.29. The van der Waals surface area contributed by atoms with Crippen molar-refractivity contribution in [2.45, 2.75) is 19.9 Å². The summed E-state index contributed by atoms with van der Waals surface area (Å²) in [4.78, 5) is 9.64. The van der Waals surface area contributed by atoms with Crippen molar-refractivity contribution in [2.75, 3.05) is 13.6 Å². The Morgan fingerprint density at radius 3 is 3.00 bits per heavy atom. The zero-order chi connectivity index (χ0) is 13.5. The van der Waals surface area contributed by atoms with Crippen LogP contribution in [0.5, 0.6) is 0 Å². The van der Waals surface area contributed by atoms with Crippen LogP contribution in [-0.2, 0) is 13.0 Å². The van der Waals surface area contributed by atoms with Gasteiger partial charge in [-0.2, -0.15) is 0 Å². The van der Waals surface area contributed by atoms with E-state index in [9.17, 15) is 0 Å². The van der Waals surface area contributed by atoms with E-state index in [0.29, 0.717) is 0 Å². The molecule has 2 rings (SSSR count). The molecular formula is C13H18N4OS. The summed E-state index contributed by atoms with van der Waals surface area (Å²) in [5, 5.41) is 6.52. The summed E-state index contributed by atoms with van der Waals surface area (Å²) in [7, 11) is 1.77. The summed E-state index contributed by atoms with van der Waals surface area (Å²) in [6, 6.07) is 3.87. The smallest absolute Gasteiger partial charge is 0.191 e. The van der Waals surface area contributed by atoms with E-state index in [0.717, 1.165) is 36.9 Å². The van der Waals surface area contributed by atoms with Gasteiger partial charge in [0.2, 0.25) is 0 Å². The molecule has 0 aliphatic heterocycles. The van der Waals surface area contributed by atoms with Crippen LogP contribution in [0.15, 0.2) is 33.3 Å². The Morgan fingerprint density at radius 2 is 2.37 bits per heavy atom. The molecule has 0 fully saturated rings. The molecule has 0 bridgehead atoms. The SMILES string of the molecule is CN=C(NCCc1ccco1)NCc1scnc1C. The lowest BCUT2D eigenvalue weighted by atomic mass is 10.3. The molecular weight excluding hydrogens is 260 g/mol. The van der Waals surface area contributed by atoms with Gasteiger partial charge >= 0.3 is 0 Å². The molecule has 0 atom stereocenters. The minimum absolute atomic E-state index is 0.747. The highest BCUT2D eigenvalue weighted by Crippen LogP contribution is 2.10. The summed E-state index contributed by atoms with van der Waals surface area (Å²) >= 11 is 1.65. The summed E-state index contributed by atoms with van der Waals surface area (Å²) in [5.74, 6) is 1.76. The number of thiazole rings is 1. The predicted molar refractivity (Wildman–Crippen MR) is 77.5 cm³/mol. The highest BCUT2D eigenvalue weighted by molar-refractivity contribution is 7.09. The van der Waals surface area contributed by atoms with Gasteiger partial charge in [-0.3, -0.25) is 4.99 Å². The molecule has 0 spiro atoms. The minimum Gasteiger partial charge on any atom is -0.469 e. The Morgan fingerprint density at radius 1 is 1.47 bits per heavy atom. The van der Waals surface area contributed by atoms with E-state index in [1.165, 1.54) is 4.88 Å². The molecule has 2 N–H and O–H groups in total. The van der Waals surface area contributed by atoms with Crippen LogP contribution >= 0.6 is 11.3 Å². The molecule has 0 saturated heterocycles. The highest BCUT2D eigenvalue weighted by atomic mass is 32.1. The number of hydrogen-bond acceptors (Lipinski definition) is 4. The average Bonchev–Trinajstić information content (AvgIpc) is 3.05. The fourth-order valence-corrected chi connectivity index (χ4v) is 2.36. The van der Waals surface area contributed by atoms with Crippen molar-refractivity contribution in [3.63, 3.8) is 0 Å². The number of hydrogen-bond donors (Lipinski definition) is 2. The molecule has 102 valence electrons. The zero-order valence-corrected chi connectivity index (χ0v) is 12.0. The van der Waals surface area contributed by atoms with Crippen LogP contribution in [-0.4, -0.2) is 24.5 Å². The maximum atomic E-state index is 5.28. The second-order valence-corrected chi connectivity index (χ2v) is 4.98. The van der Waals surface area contributed by atoms with Crippen LogP contribution in [0.4, 0.5) is 0 Å². The zero-order valence-electron chi connectivity index (χ0n) is 11.1. The fourth-order valence-electron chi connectivity index (χ4n) is 1.64. The number of aromatic nitrogens is 1. The topological polar surface area (TPSA) is 62.5 Å². The summed E-state index contributed by atoms with van der Waals surface area (Å²) in [5.41, 5.74) is 2.93. The third-order valence-electron chi connectivity index (χ3n) is 2.73. The van der Waals surface area contributed by atoms with Gasteiger partial charge in [-0.05, 0) is 19.1 Å². The van der Waals surface area contributed by atoms with Gasteiger partial charge in [0.05, 0.1) is 24.0 Å². The van der Waals surface area contributed by atoms with Crippen molar-refractivity contribution in [1.82, 2.24) is 15.6 Å². The minimum atomic E-state index is 0.747. The molecule has 0 unspecified atom stereocenters. The Bertz CT molecular complexity index is 518. The van der Waals surface area contributed by atoms with Gasteiger partial charge < -0.3 is 15.1 Å². The van der Waals surface area contributed by atoms with Gasteiger partial charge in [0, 0.05) is 24.9 Å². The number of furan rings is 1. The molecule has 0 aliphatic rings. The lowest BCUT2D eigenvalue weighted by molar-refractivity contribution is 0.507. The van der Waals surface area contributed by atoms with Crippen molar-refractivity contribution >= 4 is 17.3 Å². The van der Waals surface area contributed by atoms with Crippen LogP contribution in [0.3, 0.4) is 0 Å². The maximum absolute atomic E-state index is 5.28. The predicted octanol–water partition coefficient (Wildman–Crippen LogP) is 1.95. The maximum Gasteiger partial charge on any atom is 0.191 e. The largest absolute Gasteiger partial charge is 0.469 e. The quantitative estimate of drug-likeness (QED) is 0.648. The van der Waals surface area contributed by atoms with E-state index in [1.54, 1.807) is 24.6 Å². The Balaban J connectivity index is 1.73. The number of aryl methyl sites for hydroxylation is 1. The molecule has 2 heterocycles. The molecule has 5 nitrogen and oxygen atoms in total. The van der Waals surface area contributed by atoms with Gasteiger partial charge in [-0.25, -0.2) is 4.98 Å². The first-order valence-corrected chi connectivity index (χ1v) is 7.03. The molecule has 0 saturated carbocycles. The van der Waals surface area contributed by atoms with E-state index in [1.807, 2.05) is 24.6 Å². The molecule has 0 aliphatic carbocycles. The van der Waals surface area contributed by atoms with E-state index in [2.05, 4.69) is 20.6 Å². The van der Waals surface area contributed by atoms with Crippen molar-refractivity contribution in [3.05, 3.63) is 40.2 Å². The van der Waals surface area contributed by atoms with Gasteiger partial charge in [-0.15, -0.1) is 11.3 Å². The second-order valence-electron chi connectivity index (χ2n) is 4.04. The first kappa shape index (κ1) is 13.6. The van der Waals surface area contributed by atoms with E-state index in [4.69, 9.17) is 4.42 Å². The first-order valence-electron chi connectivity index (χ1n) is 6.15. The Labute approximate surface area is 116 Å². The molecule has 19 heavy (non-hydrogen) atoms. The molecule has 2 aromatic heterocycles. The monoisotopic (exact) mass is 278 g/mol. The van der Waals surface area contributed by atoms with Crippen molar-refractivity contribution in [2.24, 2.45) is 4.99 Å². The molecule has 0 aromatic carbocycles. The van der Waals surface area contributed by atoms with Crippen molar-refractivity contribution in [3.8, 4) is 0 Å². The van der Waals surface area contributed by atoms with Crippen molar-refractivity contribution in [1.29, 1.82) is 0 Å². The van der Waals surface area contributed by atoms with E-state index < -0.39 is 0 Å². The van der Waals surface area contributed by atoms with Crippen LogP contribution in [0.1, 0.15) is 16.3 Å². The lowest BCUT2D eigenvalue weighted by Crippen LogP contribution is -2.37. The number of rotatable bonds is 5. The second kappa shape index (κ2) is 6.94. The molecule has 6 heteroatoms. The van der Waals surface area contributed by atoms with Gasteiger partial charge in [0.25, 0.3) is 0 Å². The van der Waals surface area contributed by atoms with Crippen molar-refractivity contribution < 1.29 is 4.42 Å². The number of nitrogens with zero attached hydrogens (tertiary/aromatic N) is 2. The summed E-state index contributed by atoms with van der Waals surface area (Å²) in [6.45, 7) is 3.55. The summed E-state index contributed by atoms with van der Waals surface area (Å²) < 4.78 is 5.28. The number of nitrogens with one attached hydrogen (secondary N) is 2. The van der Waals surface area contributed by atoms with Crippen LogP contribution in [0.25, 0.3) is 0 Å². The Hall–Kier alpha value is -1.82.